The van der Waals surface area contributed by atoms with Crippen molar-refractivity contribution in [1.82, 2.24) is 9.88 Å². The Balaban J connectivity index is 1.22. The quantitative estimate of drug-likeness (QED) is 0.745. The second-order valence-electron chi connectivity index (χ2n) is 11.1. The second kappa shape index (κ2) is 6.84. The number of hydrogen-bond acceptors (Lipinski definition) is 4. The third-order valence-electron chi connectivity index (χ3n) is 9.25. The van der Waals surface area contributed by atoms with Crippen LogP contribution >= 0.6 is 0 Å². The highest BCUT2D eigenvalue weighted by Crippen LogP contribution is 2.59. The Kier molecular flexibility index (Phi) is 4.44. The molecule has 7 rings (SSSR count). The molecule has 0 radical (unpaired) electrons. The molecule has 8 heteroatoms. The van der Waals surface area contributed by atoms with E-state index in [1.54, 1.807) is 0 Å². The standard InChI is InChI=1S/C24H30F3N3O2/c25-24(26,27)18-2-3-19(28-13-18)29-6-1-4-22(14-29)5-7-30(21(22)32)23-10-15-8-16(11-23)20(31)17(9-15)12-23/h2-3,13,15-17,20,31H,1,4-12,14H2. The van der Waals surface area contributed by atoms with E-state index >= 15 is 0 Å². The van der Waals surface area contributed by atoms with Crippen LogP contribution in [0.5, 0.6) is 0 Å². The SMILES string of the molecule is O=C1N(C23CC4CC(C2)C(O)C(C4)C3)CCC12CCCN(c1ccc(C(F)(F)F)cn1)C2. The largest absolute Gasteiger partial charge is 0.417 e. The zero-order valence-corrected chi connectivity index (χ0v) is 18.2. The number of nitrogens with zero attached hydrogens (tertiary/aromatic N) is 3. The van der Waals surface area contributed by atoms with Gasteiger partial charge in [0.05, 0.1) is 17.1 Å². The van der Waals surface area contributed by atoms with E-state index in [-0.39, 0.29) is 17.6 Å². The van der Waals surface area contributed by atoms with Gasteiger partial charge in [0.25, 0.3) is 0 Å². The van der Waals surface area contributed by atoms with Crippen LogP contribution in [0.4, 0.5) is 19.0 Å². The van der Waals surface area contributed by atoms with E-state index in [4.69, 9.17) is 0 Å². The van der Waals surface area contributed by atoms with Crippen LogP contribution in [-0.4, -0.2) is 52.2 Å². The fourth-order valence-electron chi connectivity index (χ4n) is 8.01. The van der Waals surface area contributed by atoms with Crippen LogP contribution in [-0.2, 0) is 11.0 Å². The molecular formula is C24H30F3N3O2. The van der Waals surface area contributed by atoms with Crippen molar-refractivity contribution in [2.45, 2.75) is 69.2 Å². The highest BCUT2D eigenvalue weighted by molar-refractivity contribution is 5.86. The van der Waals surface area contributed by atoms with Gasteiger partial charge < -0.3 is 14.9 Å². The number of amides is 1. The average Bonchev–Trinajstić information content (AvgIpc) is 3.07. The number of alkyl halides is 3. The third kappa shape index (κ3) is 3.01. The Morgan fingerprint density at radius 2 is 1.81 bits per heavy atom. The molecule has 2 saturated heterocycles. The number of aromatic nitrogens is 1. The molecule has 6 aliphatic rings. The molecule has 4 aliphatic carbocycles. The number of carbonyl (C=O) groups excluding carboxylic acids is 1. The van der Waals surface area contributed by atoms with Gasteiger partial charge in [0.2, 0.25) is 5.91 Å². The molecule has 1 aromatic rings. The van der Waals surface area contributed by atoms with Crippen molar-refractivity contribution >= 4 is 11.7 Å². The van der Waals surface area contributed by atoms with Gasteiger partial charge in [-0.05, 0) is 81.3 Å². The number of anilines is 1. The third-order valence-corrected chi connectivity index (χ3v) is 9.25. The van der Waals surface area contributed by atoms with Crippen molar-refractivity contribution in [3.8, 4) is 0 Å². The van der Waals surface area contributed by atoms with E-state index in [0.717, 1.165) is 70.2 Å². The molecule has 32 heavy (non-hydrogen) atoms. The molecule has 1 amide bonds. The summed E-state index contributed by atoms with van der Waals surface area (Å²) in [5, 5.41) is 10.6. The molecule has 1 aromatic heterocycles. The fourth-order valence-corrected chi connectivity index (χ4v) is 8.01. The van der Waals surface area contributed by atoms with Gasteiger partial charge in [-0.2, -0.15) is 13.2 Å². The predicted molar refractivity (Wildman–Crippen MR) is 112 cm³/mol. The highest BCUT2D eigenvalue weighted by Gasteiger charge is 2.62. The summed E-state index contributed by atoms with van der Waals surface area (Å²) in [6.45, 7) is 1.99. The topological polar surface area (TPSA) is 56.7 Å². The van der Waals surface area contributed by atoms with E-state index in [9.17, 15) is 23.1 Å². The highest BCUT2D eigenvalue weighted by atomic mass is 19.4. The van der Waals surface area contributed by atoms with Gasteiger partial charge in [0.1, 0.15) is 5.82 Å². The molecule has 0 aromatic carbocycles. The molecule has 6 fully saturated rings. The Morgan fingerprint density at radius 1 is 1.06 bits per heavy atom. The summed E-state index contributed by atoms with van der Waals surface area (Å²) in [5.41, 5.74) is -1.31. The van der Waals surface area contributed by atoms with Crippen LogP contribution < -0.4 is 4.90 Å². The average molecular weight is 450 g/mol. The fraction of sp³-hybridized carbons (Fsp3) is 0.750. The first-order chi connectivity index (χ1) is 15.2. The zero-order valence-electron chi connectivity index (χ0n) is 18.2. The Hall–Kier alpha value is -1.83. The van der Waals surface area contributed by atoms with Crippen molar-refractivity contribution in [2.75, 3.05) is 24.5 Å². The minimum absolute atomic E-state index is 0.0921. The lowest BCUT2D eigenvalue weighted by atomic mass is 9.51. The van der Waals surface area contributed by atoms with Crippen molar-refractivity contribution in [2.24, 2.45) is 23.2 Å². The summed E-state index contributed by atoms with van der Waals surface area (Å²) in [7, 11) is 0. The van der Waals surface area contributed by atoms with Gasteiger partial charge in [-0.15, -0.1) is 0 Å². The minimum atomic E-state index is -4.40. The maximum absolute atomic E-state index is 13.9. The van der Waals surface area contributed by atoms with Crippen molar-refractivity contribution < 1.29 is 23.1 Å². The number of aliphatic hydroxyl groups is 1. The van der Waals surface area contributed by atoms with E-state index < -0.39 is 17.2 Å². The lowest BCUT2D eigenvalue weighted by Gasteiger charge is -2.61. The van der Waals surface area contributed by atoms with Gasteiger partial charge in [-0.25, -0.2) is 4.98 Å². The first kappa shape index (κ1) is 20.8. The van der Waals surface area contributed by atoms with Crippen LogP contribution in [0.2, 0.25) is 0 Å². The molecule has 1 spiro atoms. The van der Waals surface area contributed by atoms with Crippen LogP contribution in [0.25, 0.3) is 0 Å². The number of rotatable bonds is 2. The Morgan fingerprint density at radius 3 is 2.47 bits per heavy atom. The smallest absolute Gasteiger partial charge is 0.393 e. The maximum Gasteiger partial charge on any atom is 0.417 e. The number of hydrogen-bond donors (Lipinski definition) is 1. The Bertz CT molecular complexity index is 904. The van der Waals surface area contributed by atoms with Gasteiger partial charge in [0, 0.05) is 31.4 Å². The molecule has 2 aliphatic heterocycles. The maximum atomic E-state index is 13.9. The number of piperidine rings is 1. The molecule has 3 unspecified atom stereocenters. The molecule has 5 nitrogen and oxygen atoms in total. The molecule has 174 valence electrons. The van der Waals surface area contributed by atoms with Gasteiger partial charge in [-0.3, -0.25) is 4.79 Å². The van der Waals surface area contributed by atoms with Gasteiger partial charge in [0.15, 0.2) is 0 Å². The van der Waals surface area contributed by atoms with Crippen molar-refractivity contribution in [1.29, 1.82) is 0 Å². The first-order valence-electron chi connectivity index (χ1n) is 12.0. The van der Waals surface area contributed by atoms with E-state index in [0.29, 0.717) is 36.7 Å². The van der Waals surface area contributed by atoms with E-state index in [2.05, 4.69) is 9.88 Å². The van der Waals surface area contributed by atoms with E-state index in [1.165, 1.54) is 6.07 Å². The lowest BCUT2D eigenvalue weighted by molar-refractivity contribution is -0.167. The summed E-state index contributed by atoms with van der Waals surface area (Å²) in [6, 6.07) is 2.51. The first-order valence-corrected chi connectivity index (χ1v) is 12.0. The lowest BCUT2D eigenvalue weighted by Crippen LogP contribution is -2.65. The summed E-state index contributed by atoms with van der Waals surface area (Å²) in [4.78, 5) is 22.2. The Labute approximate surface area is 186 Å². The summed E-state index contributed by atoms with van der Waals surface area (Å²) >= 11 is 0. The van der Waals surface area contributed by atoms with Crippen LogP contribution in [0, 0.1) is 23.2 Å². The molecule has 4 saturated carbocycles. The number of carbonyl (C=O) groups is 1. The summed E-state index contributed by atoms with van der Waals surface area (Å²) in [6.07, 6.45) is 3.85. The number of pyridine rings is 1. The molecule has 3 heterocycles. The number of halogens is 3. The zero-order chi connectivity index (χ0) is 22.3. The van der Waals surface area contributed by atoms with Crippen LogP contribution in [0.1, 0.15) is 56.9 Å². The van der Waals surface area contributed by atoms with Crippen molar-refractivity contribution in [3.63, 3.8) is 0 Å². The monoisotopic (exact) mass is 449 g/mol. The molecule has 1 N–H and O–H groups in total. The number of likely N-dealkylation sites (tertiary alicyclic amines) is 1. The second-order valence-corrected chi connectivity index (χ2v) is 11.1. The van der Waals surface area contributed by atoms with E-state index in [1.807, 2.05) is 4.90 Å². The summed E-state index contributed by atoms with van der Waals surface area (Å²) in [5.74, 6) is 2.01. The van der Waals surface area contributed by atoms with Crippen molar-refractivity contribution in [3.05, 3.63) is 23.9 Å². The predicted octanol–water partition coefficient (Wildman–Crippen LogP) is 3.86. The molecule has 3 atom stereocenters. The van der Waals surface area contributed by atoms with Gasteiger partial charge >= 0.3 is 6.18 Å². The number of aliphatic hydroxyl groups excluding tert-OH is 1. The normalized spacial score (nSPS) is 41.2. The van der Waals surface area contributed by atoms with Gasteiger partial charge in [-0.1, -0.05) is 0 Å². The summed E-state index contributed by atoms with van der Waals surface area (Å²) < 4.78 is 38.7. The molecular weight excluding hydrogens is 419 g/mol. The minimum Gasteiger partial charge on any atom is -0.393 e. The van der Waals surface area contributed by atoms with Crippen LogP contribution in [0.15, 0.2) is 18.3 Å². The molecule has 4 bridgehead atoms. The van der Waals surface area contributed by atoms with Crippen LogP contribution in [0.3, 0.4) is 0 Å².